The van der Waals surface area contributed by atoms with E-state index in [2.05, 4.69) is 33.8 Å². The molecule has 8 nitrogen and oxygen atoms in total. The van der Waals surface area contributed by atoms with Crippen molar-refractivity contribution in [2.24, 2.45) is 0 Å². The Hall–Kier alpha value is -2.87. The molecule has 1 fully saturated rings. The van der Waals surface area contributed by atoms with Crippen molar-refractivity contribution in [3.8, 4) is 17.2 Å². The molecule has 1 unspecified atom stereocenters. The molecule has 0 spiro atoms. The van der Waals surface area contributed by atoms with Crippen molar-refractivity contribution in [2.45, 2.75) is 38.9 Å². The summed E-state index contributed by atoms with van der Waals surface area (Å²) in [6.45, 7) is 8.21. The Bertz CT molecular complexity index is 809. The molecule has 0 saturated carbocycles. The largest absolute Gasteiger partial charge is 0.491 e. The molecule has 2 aromatic rings. The highest BCUT2D eigenvalue weighted by atomic mass is 16.6. The van der Waals surface area contributed by atoms with Crippen LogP contribution in [0.3, 0.4) is 0 Å². The first-order chi connectivity index (χ1) is 14.2. The van der Waals surface area contributed by atoms with Crippen LogP contribution in [0.15, 0.2) is 25.0 Å². The number of anilines is 1. The molecule has 1 aliphatic heterocycles. The summed E-state index contributed by atoms with van der Waals surface area (Å²) in [6.07, 6.45) is 7.91. The van der Waals surface area contributed by atoms with Gasteiger partial charge >= 0.3 is 0 Å². The Morgan fingerprint density at radius 3 is 2.86 bits per heavy atom. The highest BCUT2D eigenvalue weighted by Crippen LogP contribution is 2.30. The third-order valence-corrected chi connectivity index (χ3v) is 4.44. The fourth-order valence-corrected chi connectivity index (χ4v) is 2.82. The molecule has 1 saturated heterocycles. The van der Waals surface area contributed by atoms with Gasteiger partial charge in [-0.1, -0.05) is 19.9 Å². The fourth-order valence-electron chi connectivity index (χ4n) is 2.82. The molecule has 8 heteroatoms. The first kappa shape index (κ1) is 20.9. The molecule has 3 heterocycles. The lowest BCUT2D eigenvalue weighted by molar-refractivity contribution is 0.138. The Balaban J connectivity index is 1.70. The smallest absolute Gasteiger partial charge is 0.180 e. The van der Waals surface area contributed by atoms with Crippen molar-refractivity contribution < 1.29 is 18.9 Å². The van der Waals surface area contributed by atoms with Crippen molar-refractivity contribution in [3.05, 3.63) is 36.6 Å². The van der Waals surface area contributed by atoms with E-state index in [1.165, 1.54) is 0 Å². The predicted octanol–water partition coefficient (Wildman–Crippen LogP) is 3.48. The molecule has 3 rings (SSSR count). The molecule has 0 aliphatic carbocycles. The Kier molecular flexibility index (Phi) is 7.63. The number of unbranched alkanes of at least 4 members (excludes halogenated alkanes) is 1. The van der Waals surface area contributed by atoms with Crippen LogP contribution < -0.4 is 19.5 Å². The summed E-state index contributed by atoms with van der Waals surface area (Å²) in [4.78, 5) is 13.1. The molecular weight excluding hydrogens is 372 g/mol. The van der Waals surface area contributed by atoms with Crippen LogP contribution in [0.25, 0.3) is 6.08 Å². The van der Waals surface area contributed by atoms with Gasteiger partial charge in [0.25, 0.3) is 0 Å². The van der Waals surface area contributed by atoms with Crippen molar-refractivity contribution in [1.82, 2.24) is 15.0 Å². The van der Waals surface area contributed by atoms with Crippen molar-refractivity contribution in [2.75, 3.05) is 32.2 Å². The van der Waals surface area contributed by atoms with Gasteiger partial charge in [0.05, 0.1) is 38.4 Å². The summed E-state index contributed by atoms with van der Waals surface area (Å²) in [7, 11) is 1.60. The predicted molar refractivity (Wildman–Crippen MR) is 110 cm³/mol. The maximum Gasteiger partial charge on any atom is 0.180 e. The second-order valence-corrected chi connectivity index (χ2v) is 6.64. The van der Waals surface area contributed by atoms with Gasteiger partial charge in [0.2, 0.25) is 0 Å². The van der Waals surface area contributed by atoms with Gasteiger partial charge in [0.15, 0.2) is 28.9 Å². The van der Waals surface area contributed by atoms with Crippen LogP contribution in [0.4, 0.5) is 5.82 Å². The minimum absolute atomic E-state index is 0.0225. The highest BCUT2D eigenvalue weighted by molar-refractivity contribution is 5.52. The summed E-state index contributed by atoms with van der Waals surface area (Å²) in [5.74, 6) is 2.98. The second-order valence-electron chi connectivity index (χ2n) is 6.64. The van der Waals surface area contributed by atoms with Gasteiger partial charge in [-0.25, -0.2) is 9.97 Å². The van der Waals surface area contributed by atoms with Gasteiger partial charge in [0.1, 0.15) is 12.7 Å². The van der Waals surface area contributed by atoms with Crippen LogP contribution in [-0.2, 0) is 11.3 Å². The number of rotatable bonds is 11. The highest BCUT2D eigenvalue weighted by Gasteiger charge is 2.20. The van der Waals surface area contributed by atoms with Crippen LogP contribution >= 0.6 is 0 Å². The van der Waals surface area contributed by atoms with Crippen molar-refractivity contribution in [1.29, 1.82) is 0 Å². The lowest BCUT2D eigenvalue weighted by atomic mass is 10.3. The number of hydrogen-bond acceptors (Lipinski definition) is 8. The second kappa shape index (κ2) is 10.6. The third kappa shape index (κ3) is 5.80. The molecule has 0 radical (unpaired) electrons. The van der Waals surface area contributed by atoms with Crippen molar-refractivity contribution in [3.63, 3.8) is 0 Å². The van der Waals surface area contributed by atoms with Crippen LogP contribution in [0.2, 0.25) is 0 Å². The number of methoxy groups -OCH3 is 1. The zero-order valence-corrected chi connectivity index (χ0v) is 17.0. The van der Waals surface area contributed by atoms with E-state index in [4.69, 9.17) is 18.9 Å². The molecule has 156 valence electrons. The molecule has 1 atom stereocenters. The van der Waals surface area contributed by atoms with E-state index in [9.17, 15) is 0 Å². The normalized spacial score (nSPS) is 15.7. The standard InChI is InChI=1S/C21H28N4O4/c1-4-6-8-22-21-19(12-24-20(5-2)25-21)28-13-15-10-17(18(26-3)11-23-15)29-16-7-9-27-14-16/h5,10-12,16H,2,4,6-9,13-14H2,1,3H3,(H,22,24,25). The van der Waals surface area contributed by atoms with Gasteiger partial charge in [0, 0.05) is 19.0 Å². The Morgan fingerprint density at radius 2 is 2.14 bits per heavy atom. The number of hydrogen-bond donors (Lipinski definition) is 1. The Morgan fingerprint density at radius 1 is 1.28 bits per heavy atom. The summed E-state index contributed by atoms with van der Waals surface area (Å²) >= 11 is 0. The van der Waals surface area contributed by atoms with E-state index < -0.39 is 0 Å². The van der Waals surface area contributed by atoms with Crippen molar-refractivity contribution >= 4 is 11.9 Å². The van der Waals surface area contributed by atoms with Gasteiger partial charge in [-0.2, -0.15) is 0 Å². The maximum absolute atomic E-state index is 6.02. The average Bonchev–Trinajstić information content (AvgIpc) is 3.26. The van der Waals surface area contributed by atoms with E-state index in [0.717, 1.165) is 25.8 Å². The molecule has 1 N–H and O–H groups in total. The van der Waals surface area contributed by atoms with E-state index >= 15 is 0 Å². The lowest BCUT2D eigenvalue weighted by Gasteiger charge is -2.16. The lowest BCUT2D eigenvalue weighted by Crippen LogP contribution is -2.16. The van der Waals surface area contributed by atoms with E-state index in [0.29, 0.717) is 47.8 Å². The van der Waals surface area contributed by atoms with Gasteiger partial charge in [-0.3, -0.25) is 4.98 Å². The maximum atomic E-state index is 6.02. The molecule has 1 aliphatic rings. The summed E-state index contributed by atoms with van der Waals surface area (Å²) < 4.78 is 22.7. The molecule has 2 aromatic heterocycles. The van der Waals surface area contributed by atoms with Gasteiger partial charge in [-0.05, 0) is 12.5 Å². The first-order valence-electron chi connectivity index (χ1n) is 9.87. The minimum atomic E-state index is 0.0225. The van der Waals surface area contributed by atoms with Crippen LogP contribution in [0, 0.1) is 0 Å². The zero-order valence-electron chi connectivity index (χ0n) is 17.0. The topological polar surface area (TPSA) is 87.6 Å². The average molecular weight is 400 g/mol. The van der Waals surface area contributed by atoms with E-state index in [1.54, 1.807) is 25.6 Å². The zero-order chi connectivity index (χ0) is 20.5. The third-order valence-electron chi connectivity index (χ3n) is 4.44. The number of nitrogens with one attached hydrogen (secondary N) is 1. The molecule has 0 bridgehead atoms. The van der Waals surface area contributed by atoms with E-state index in [1.807, 2.05) is 6.07 Å². The monoisotopic (exact) mass is 400 g/mol. The van der Waals surface area contributed by atoms with Crippen LogP contribution in [-0.4, -0.2) is 47.9 Å². The number of ether oxygens (including phenoxy) is 4. The summed E-state index contributed by atoms with van der Waals surface area (Å²) in [5.41, 5.74) is 0.715. The summed E-state index contributed by atoms with van der Waals surface area (Å²) in [5, 5.41) is 3.30. The number of nitrogens with zero attached hydrogens (tertiary/aromatic N) is 3. The SMILES string of the molecule is C=Cc1ncc(OCc2cc(OC3CCOC3)c(OC)cn2)c(NCCCC)n1. The number of pyridine rings is 1. The molecular formula is C21H28N4O4. The quantitative estimate of drug-likeness (QED) is 0.574. The first-order valence-corrected chi connectivity index (χ1v) is 9.87. The van der Waals surface area contributed by atoms with Gasteiger partial charge in [-0.15, -0.1) is 0 Å². The minimum Gasteiger partial charge on any atom is -0.491 e. The molecule has 0 aromatic carbocycles. The van der Waals surface area contributed by atoms with Crippen LogP contribution in [0.1, 0.15) is 37.7 Å². The Labute approximate surface area is 171 Å². The number of aromatic nitrogens is 3. The summed E-state index contributed by atoms with van der Waals surface area (Å²) in [6, 6.07) is 1.83. The molecule has 0 amide bonds. The van der Waals surface area contributed by atoms with Gasteiger partial charge < -0.3 is 24.3 Å². The van der Waals surface area contributed by atoms with Crippen LogP contribution in [0.5, 0.6) is 17.2 Å². The fraction of sp³-hybridized carbons (Fsp3) is 0.476. The van der Waals surface area contributed by atoms with E-state index in [-0.39, 0.29) is 12.7 Å². The molecule has 29 heavy (non-hydrogen) atoms.